The lowest BCUT2D eigenvalue weighted by atomic mass is 10.1. The number of rotatable bonds is 52. The van der Waals surface area contributed by atoms with E-state index in [9.17, 15) is 19.0 Å². The Hall–Kier alpha value is -4.37. The van der Waals surface area contributed by atoms with Crippen molar-refractivity contribution in [3.8, 4) is 0 Å². The molecule has 0 aliphatic heterocycles. The zero-order valence-electron chi connectivity index (χ0n) is 47.0. The molecule has 10 heteroatoms. The standard InChI is InChI=1S/C65H104NO8P/c1-3-5-7-9-11-13-15-17-18-19-20-21-22-23-24-25-26-27-28-29-30-31-32-33-34-35-36-37-38-39-40-41-42-43-44-46-48-50-52-54-56-58-65(68)74-63(62-73-75(69,70)72-60-59-66)61-71-64(67)57-55-53-51-49-47-45-16-14-12-10-8-6-4-2/h5,7-8,10-11,13-14,16-18,20-21,23-24,26-27,29-30,32-33,35-36,38-39,41-42,63H,3-4,6,9,12,15,19,22,25,28,31,34,37,40,43-62,66H2,1-2H3,(H,69,70)/b7-5-,10-8-,13-11-,16-14-,18-17-,21-20-,24-23-,27-26-,30-29-,33-32-,36-35-,39-38-,42-41-. The minimum Gasteiger partial charge on any atom is -0.462 e. The molecule has 2 unspecified atom stereocenters. The topological polar surface area (TPSA) is 134 Å². The summed E-state index contributed by atoms with van der Waals surface area (Å²) in [7, 11) is -4.40. The van der Waals surface area contributed by atoms with Crippen LogP contribution < -0.4 is 5.73 Å². The van der Waals surface area contributed by atoms with Crippen LogP contribution in [0.2, 0.25) is 0 Å². The van der Waals surface area contributed by atoms with Gasteiger partial charge in [0, 0.05) is 19.4 Å². The number of allylic oxidation sites excluding steroid dienone is 26. The van der Waals surface area contributed by atoms with E-state index >= 15 is 0 Å². The third kappa shape index (κ3) is 58.7. The monoisotopic (exact) mass is 1060 g/mol. The van der Waals surface area contributed by atoms with Crippen LogP contribution in [0, 0.1) is 0 Å². The number of carbonyl (C=O) groups excluding carboxylic acids is 2. The summed E-state index contributed by atoms with van der Waals surface area (Å²) in [5.74, 6) is -0.870. The van der Waals surface area contributed by atoms with Crippen LogP contribution in [0.3, 0.4) is 0 Å². The lowest BCUT2D eigenvalue weighted by Crippen LogP contribution is -2.29. The van der Waals surface area contributed by atoms with Crippen molar-refractivity contribution in [1.82, 2.24) is 0 Å². The van der Waals surface area contributed by atoms with E-state index in [1.165, 1.54) is 19.3 Å². The van der Waals surface area contributed by atoms with Crippen LogP contribution in [0.1, 0.15) is 206 Å². The van der Waals surface area contributed by atoms with E-state index in [1.807, 2.05) is 0 Å². The van der Waals surface area contributed by atoms with Crippen molar-refractivity contribution < 1.29 is 37.6 Å². The van der Waals surface area contributed by atoms with E-state index in [0.29, 0.717) is 12.8 Å². The first-order valence-electron chi connectivity index (χ1n) is 29.0. The molecule has 0 aromatic carbocycles. The molecule has 0 aliphatic carbocycles. The van der Waals surface area contributed by atoms with E-state index in [0.717, 1.165) is 148 Å². The summed E-state index contributed by atoms with van der Waals surface area (Å²) in [4.78, 5) is 35.0. The first kappa shape index (κ1) is 70.6. The minimum absolute atomic E-state index is 0.0414. The van der Waals surface area contributed by atoms with Crippen LogP contribution in [0.5, 0.6) is 0 Å². The quantitative estimate of drug-likeness (QED) is 0.0264. The summed E-state index contributed by atoms with van der Waals surface area (Å²) in [5, 5.41) is 0. The van der Waals surface area contributed by atoms with Crippen molar-refractivity contribution in [2.75, 3.05) is 26.4 Å². The molecule has 0 saturated carbocycles. The molecule has 0 saturated heterocycles. The van der Waals surface area contributed by atoms with Gasteiger partial charge in [0.05, 0.1) is 13.2 Å². The molecule has 0 aliphatic rings. The highest BCUT2D eigenvalue weighted by Gasteiger charge is 2.26. The molecule has 0 rings (SSSR count). The van der Waals surface area contributed by atoms with Gasteiger partial charge in [-0.05, 0) is 122 Å². The van der Waals surface area contributed by atoms with Crippen molar-refractivity contribution in [1.29, 1.82) is 0 Å². The molecule has 75 heavy (non-hydrogen) atoms. The third-order valence-electron chi connectivity index (χ3n) is 11.4. The van der Waals surface area contributed by atoms with Crippen molar-refractivity contribution in [2.45, 2.75) is 213 Å². The number of nitrogens with two attached hydrogens (primary N) is 1. The highest BCUT2D eigenvalue weighted by molar-refractivity contribution is 7.47. The summed E-state index contributed by atoms with van der Waals surface area (Å²) in [6, 6.07) is 0. The number of unbranched alkanes of at least 4 members (excludes halogenated alkanes) is 13. The molecule has 9 nitrogen and oxygen atoms in total. The number of esters is 2. The maximum atomic E-state index is 12.7. The normalized spacial score (nSPS) is 14.2. The molecule has 0 amide bonds. The zero-order chi connectivity index (χ0) is 54.5. The predicted molar refractivity (Wildman–Crippen MR) is 320 cm³/mol. The fourth-order valence-corrected chi connectivity index (χ4v) is 7.91. The minimum atomic E-state index is -4.40. The Bertz CT molecular complexity index is 1780. The van der Waals surface area contributed by atoms with Crippen LogP contribution in [0.4, 0.5) is 0 Å². The van der Waals surface area contributed by atoms with Gasteiger partial charge in [-0.25, -0.2) is 4.57 Å². The second-order valence-corrected chi connectivity index (χ2v) is 19.9. The average molecular weight is 1060 g/mol. The van der Waals surface area contributed by atoms with Crippen LogP contribution in [-0.2, 0) is 32.7 Å². The van der Waals surface area contributed by atoms with Gasteiger partial charge >= 0.3 is 19.8 Å². The maximum Gasteiger partial charge on any atom is 0.472 e. The van der Waals surface area contributed by atoms with E-state index in [1.54, 1.807) is 0 Å². The molecule has 422 valence electrons. The number of hydrogen-bond acceptors (Lipinski definition) is 8. The van der Waals surface area contributed by atoms with Crippen LogP contribution >= 0.6 is 7.82 Å². The Morgan fingerprint density at radius 2 is 0.733 bits per heavy atom. The SMILES string of the molecule is CC/C=C\C/C=C\C/C=C\C/C=C\C/C=C\C/C=C\C/C=C\C/C=C\C/C=C\C/C=C\C/C=C\CCCCCCCCCC(=O)OC(COC(=O)CCCCCCC/C=C\C/C=C\CCC)COP(=O)(O)OCCN. The Balaban J connectivity index is 4.01. The Morgan fingerprint density at radius 1 is 0.413 bits per heavy atom. The second-order valence-electron chi connectivity index (χ2n) is 18.4. The lowest BCUT2D eigenvalue weighted by molar-refractivity contribution is -0.161. The highest BCUT2D eigenvalue weighted by Crippen LogP contribution is 2.43. The first-order valence-corrected chi connectivity index (χ1v) is 30.5. The summed E-state index contributed by atoms with van der Waals surface area (Å²) in [6.07, 6.45) is 85.9. The van der Waals surface area contributed by atoms with Crippen molar-refractivity contribution in [2.24, 2.45) is 5.73 Å². The number of carbonyl (C=O) groups is 2. The summed E-state index contributed by atoms with van der Waals surface area (Å²) < 4.78 is 32.9. The summed E-state index contributed by atoms with van der Waals surface area (Å²) in [5.41, 5.74) is 5.37. The zero-order valence-corrected chi connectivity index (χ0v) is 47.9. The number of ether oxygens (including phenoxy) is 2. The predicted octanol–water partition coefficient (Wildman–Crippen LogP) is 18.5. The van der Waals surface area contributed by atoms with E-state index in [-0.39, 0.29) is 32.6 Å². The molecule has 0 spiro atoms. The molecule has 3 N–H and O–H groups in total. The number of phosphoric ester groups is 1. The summed E-state index contributed by atoms with van der Waals surface area (Å²) in [6.45, 7) is 3.50. The van der Waals surface area contributed by atoms with Crippen LogP contribution in [-0.4, -0.2) is 49.3 Å². The molecule has 0 bridgehead atoms. The van der Waals surface area contributed by atoms with Gasteiger partial charge in [0.25, 0.3) is 0 Å². The molecule has 0 radical (unpaired) electrons. The maximum absolute atomic E-state index is 12.7. The fourth-order valence-electron chi connectivity index (χ4n) is 7.15. The van der Waals surface area contributed by atoms with E-state index < -0.39 is 32.5 Å². The Kier molecular flexibility index (Phi) is 55.5. The van der Waals surface area contributed by atoms with Gasteiger partial charge in [0.2, 0.25) is 0 Å². The van der Waals surface area contributed by atoms with Crippen molar-refractivity contribution in [3.05, 3.63) is 158 Å². The van der Waals surface area contributed by atoms with Gasteiger partial charge in [-0.2, -0.15) is 0 Å². The smallest absolute Gasteiger partial charge is 0.462 e. The third-order valence-corrected chi connectivity index (χ3v) is 12.4. The Morgan fingerprint density at radius 3 is 1.09 bits per heavy atom. The average Bonchev–Trinajstić information content (AvgIpc) is 3.40. The fraction of sp³-hybridized carbons (Fsp3) is 0.569. The number of hydrogen-bond donors (Lipinski definition) is 2. The summed E-state index contributed by atoms with van der Waals surface area (Å²) >= 11 is 0. The molecule has 0 aromatic rings. The second kappa shape index (κ2) is 58.9. The Labute approximate surface area is 458 Å². The van der Waals surface area contributed by atoms with Gasteiger partial charge in [-0.1, -0.05) is 230 Å². The van der Waals surface area contributed by atoms with Gasteiger partial charge in [0.1, 0.15) is 6.61 Å². The van der Waals surface area contributed by atoms with Crippen molar-refractivity contribution >= 4 is 19.8 Å². The highest BCUT2D eigenvalue weighted by atomic mass is 31.2. The number of phosphoric acid groups is 1. The molecule has 0 heterocycles. The van der Waals surface area contributed by atoms with Gasteiger partial charge in [-0.3, -0.25) is 18.6 Å². The van der Waals surface area contributed by atoms with Gasteiger partial charge < -0.3 is 20.1 Å². The van der Waals surface area contributed by atoms with Crippen molar-refractivity contribution in [3.63, 3.8) is 0 Å². The molecule has 2 atom stereocenters. The van der Waals surface area contributed by atoms with Gasteiger partial charge in [0.15, 0.2) is 6.10 Å². The lowest BCUT2D eigenvalue weighted by Gasteiger charge is -2.19. The van der Waals surface area contributed by atoms with Crippen LogP contribution in [0.25, 0.3) is 0 Å². The molecular weight excluding hydrogens is 954 g/mol. The van der Waals surface area contributed by atoms with Gasteiger partial charge in [-0.15, -0.1) is 0 Å². The van der Waals surface area contributed by atoms with E-state index in [2.05, 4.69) is 172 Å². The molecular formula is C65H104NO8P. The largest absolute Gasteiger partial charge is 0.472 e. The molecule has 0 fully saturated rings. The van der Waals surface area contributed by atoms with E-state index in [4.69, 9.17) is 24.3 Å². The van der Waals surface area contributed by atoms with Crippen LogP contribution in [0.15, 0.2) is 158 Å². The first-order chi connectivity index (χ1) is 36.8. The molecule has 0 aromatic heterocycles.